The Kier molecular flexibility index (Phi) is 62.8. The highest BCUT2D eigenvalue weighted by Gasteiger charge is 2.22. The number of likely N-dealkylation sites (N-methyl/N-ethyl adjacent to an activating group) is 1. The maximum absolute atomic E-state index is 12.9. The van der Waals surface area contributed by atoms with Crippen molar-refractivity contribution in [2.75, 3.05) is 47.5 Å². The predicted octanol–water partition coefficient (Wildman–Crippen LogP) is 20.5. The van der Waals surface area contributed by atoms with Crippen molar-refractivity contribution in [2.45, 2.75) is 309 Å². The van der Waals surface area contributed by atoms with Crippen LogP contribution in [0, 0.1) is 0 Å². The van der Waals surface area contributed by atoms with Gasteiger partial charge in [-0.15, -0.1) is 0 Å². The van der Waals surface area contributed by atoms with Crippen LogP contribution in [0.2, 0.25) is 0 Å². The third-order valence-electron chi connectivity index (χ3n) is 15.0. The van der Waals surface area contributed by atoms with Crippen molar-refractivity contribution >= 4 is 17.9 Å². The first-order valence-corrected chi connectivity index (χ1v) is 35.0. The molecule has 0 heterocycles. The van der Waals surface area contributed by atoms with E-state index in [2.05, 4.69) is 123 Å². The van der Waals surface area contributed by atoms with Crippen molar-refractivity contribution in [3.05, 3.63) is 109 Å². The first kappa shape index (κ1) is 81.0. The molecule has 0 aromatic carbocycles. The van der Waals surface area contributed by atoms with E-state index in [1.54, 1.807) is 0 Å². The number of unbranched alkanes of at least 4 members (excludes halogenated alkanes) is 31. The van der Waals surface area contributed by atoms with Gasteiger partial charge < -0.3 is 33.3 Å². The summed E-state index contributed by atoms with van der Waals surface area (Å²) in [5, 5.41) is 11.8. The Balaban J connectivity index is 4.14. The van der Waals surface area contributed by atoms with Gasteiger partial charge in [-0.3, -0.25) is 9.59 Å². The number of quaternary nitrogens is 1. The van der Waals surface area contributed by atoms with E-state index in [0.29, 0.717) is 17.4 Å². The standard InChI is InChI=1S/C76H131NO8/c1-6-8-10-12-14-16-18-20-22-24-26-28-30-32-34-36-37-39-40-42-44-46-48-50-52-54-56-58-60-62-64-66-73(78)83-70-72(71-84-76(75(80)81)82-69-68-77(3,4)5)85-74(79)67-65-63-61-59-57-55-53-51-49-47-45-43-41-38-35-33-31-29-27-25-23-21-19-17-15-13-11-9-7-2/h9,11,15,17-18,20-21,23-24,26-27,29-30,32-33,35,41,43,72,76H,6-8,10,12-14,16,19,22,25,28,31,34,36-40,42,44-71H2,1-5H3/b11-9-,17-15-,20-18-,23-21-,26-24-,29-27-,32-30-,35-33-,43-41-. The lowest BCUT2D eigenvalue weighted by Gasteiger charge is -2.26. The summed E-state index contributed by atoms with van der Waals surface area (Å²) >= 11 is 0. The number of allylic oxidation sites excluding steroid dienone is 18. The summed E-state index contributed by atoms with van der Waals surface area (Å²) in [7, 11) is 5.93. The highest BCUT2D eigenvalue weighted by atomic mass is 16.7. The maximum atomic E-state index is 12.9. The number of carbonyl (C=O) groups excluding carboxylic acids is 3. The van der Waals surface area contributed by atoms with E-state index in [9.17, 15) is 19.5 Å². The predicted molar refractivity (Wildman–Crippen MR) is 361 cm³/mol. The quantitative estimate of drug-likeness (QED) is 0.0195. The van der Waals surface area contributed by atoms with Crippen molar-refractivity contribution in [3.63, 3.8) is 0 Å². The number of nitrogens with zero attached hydrogens (tertiary/aromatic N) is 1. The number of esters is 2. The van der Waals surface area contributed by atoms with E-state index >= 15 is 0 Å². The topological polar surface area (TPSA) is 111 Å². The minimum atomic E-state index is -1.63. The molecule has 0 radical (unpaired) electrons. The molecule has 0 amide bonds. The number of ether oxygens (including phenoxy) is 4. The number of hydrogen-bond acceptors (Lipinski definition) is 8. The lowest BCUT2D eigenvalue weighted by molar-refractivity contribution is -0.870. The Bertz CT molecular complexity index is 1760. The minimum Gasteiger partial charge on any atom is -0.545 e. The second kappa shape index (κ2) is 65.9. The monoisotopic (exact) mass is 1190 g/mol. The molecule has 2 atom stereocenters. The van der Waals surface area contributed by atoms with Gasteiger partial charge in [-0.2, -0.15) is 0 Å². The summed E-state index contributed by atoms with van der Waals surface area (Å²) in [5.41, 5.74) is 0. The molecule has 0 spiro atoms. The van der Waals surface area contributed by atoms with Gasteiger partial charge in [0.15, 0.2) is 12.4 Å². The summed E-state index contributed by atoms with van der Waals surface area (Å²) in [6.45, 7) is 4.64. The summed E-state index contributed by atoms with van der Waals surface area (Å²) in [6.07, 6.45) is 88.8. The fraction of sp³-hybridized carbons (Fsp3) is 0.724. The molecule has 0 saturated heterocycles. The molecule has 0 saturated carbocycles. The molecule has 2 unspecified atom stereocenters. The molecular weight excluding hydrogens is 1050 g/mol. The molecule has 0 aliphatic heterocycles. The van der Waals surface area contributed by atoms with Gasteiger partial charge in [0.05, 0.1) is 40.3 Å². The SMILES string of the molecule is CC/C=C\C/C=C\C/C=C\C/C=C\C/C=C\C/C=C\CCCCCCCCCCCCC(=O)OC(COC(=O)CCCCCCCCCCCCCCCCCC/C=C\C/C=C\C/C=C\CCCCCCC)COC(OCC[N+](C)(C)C)C(=O)[O-]. The van der Waals surface area contributed by atoms with Crippen LogP contribution in [-0.4, -0.2) is 82.3 Å². The van der Waals surface area contributed by atoms with Crippen LogP contribution in [-0.2, 0) is 33.3 Å². The van der Waals surface area contributed by atoms with Crippen LogP contribution in [0.1, 0.15) is 296 Å². The summed E-state index contributed by atoms with van der Waals surface area (Å²) in [6, 6.07) is 0. The van der Waals surface area contributed by atoms with Crippen molar-refractivity contribution in [1.82, 2.24) is 0 Å². The Labute approximate surface area is 524 Å². The molecule has 0 aliphatic carbocycles. The number of carboxylic acids is 1. The molecule has 9 nitrogen and oxygen atoms in total. The molecule has 488 valence electrons. The zero-order chi connectivity index (χ0) is 61.9. The number of carbonyl (C=O) groups is 3. The number of aliphatic carboxylic acids is 1. The van der Waals surface area contributed by atoms with Crippen molar-refractivity contribution < 1.29 is 42.9 Å². The van der Waals surface area contributed by atoms with Crippen LogP contribution in [0.15, 0.2) is 109 Å². The highest BCUT2D eigenvalue weighted by molar-refractivity contribution is 5.70. The Hall–Kier alpha value is -4.05. The van der Waals surface area contributed by atoms with E-state index in [1.165, 1.54) is 167 Å². The summed E-state index contributed by atoms with van der Waals surface area (Å²) < 4.78 is 22.8. The summed E-state index contributed by atoms with van der Waals surface area (Å²) in [5.74, 6) is -2.29. The van der Waals surface area contributed by atoms with Crippen LogP contribution in [0.25, 0.3) is 0 Å². The molecular formula is C76H131NO8. The van der Waals surface area contributed by atoms with Gasteiger partial charge in [-0.1, -0.05) is 290 Å². The van der Waals surface area contributed by atoms with Crippen molar-refractivity contribution in [2.24, 2.45) is 0 Å². The van der Waals surface area contributed by atoms with E-state index in [1.807, 2.05) is 21.1 Å². The largest absolute Gasteiger partial charge is 0.545 e. The van der Waals surface area contributed by atoms with E-state index in [0.717, 1.165) is 96.3 Å². The molecule has 0 bridgehead atoms. The second-order valence-corrected chi connectivity index (χ2v) is 24.4. The fourth-order valence-electron chi connectivity index (χ4n) is 9.67. The smallest absolute Gasteiger partial charge is 0.306 e. The van der Waals surface area contributed by atoms with Crippen molar-refractivity contribution in [1.29, 1.82) is 0 Å². The average molecular weight is 1190 g/mol. The Morgan fingerprint density at radius 2 is 0.671 bits per heavy atom. The summed E-state index contributed by atoms with van der Waals surface area (Å²) in [4.78, 5) is 37.5. The molecule has 0 aliphatic rings. The minimum absolute atomic E-state index is 0.143. The molecule has 85 heavy (non-hydrogen) atoms. The van der Waals surface area contributed by atoms with Crippen LogP contribution in [0.3, 0.4) is 0 Å². The molecule has 0 N–H and O–H groups in total. The third-order valence-corrected chi connectivity index (χ3v) is 15.0. The molecule has 0 fully saturated rings. The normalized spacial score (nSPS) is 13.4. The zero-order valence-electron chi connectivity index (χ0n) is 55.7. The maximum Gasteiger partial charge on any atom is 0.306 e. The van der Waals surface area contributed by atoms with E-state index in [4.69, 9.17) is 18.9 Å². The average Bonchev–Trinajstić information content (AvgIpc) is 3.48. The van der Waals surface area contributed by atoms with Crippen LogP contribution in [0.5, 0.6) is 0 Å². The first-order valence-electron chi connectivity index (χ1n) is 35.0. The third kappa shape index (κ3) is 67.3. The lowest BCUT2D eigenvalue weighted by Crippen LogP contribution is -2.44. The van der Waals surface area contributed by atoms with Gasteiger partial charge in [0.1, 0.15) is 13.2 Å². The first-order chi connectivity index (χ1) is 41.6. The fourth-order valence-corrected chi connectivity index (χ4v) is 9.67. The van der Waals surface area contributed by atoms with Crippen LogP contribution < -0.4 is 5.11 Å². The lowest BCUT2D eigenvalue weighted by atomic mass is 10.0. The van der Waals surface area contributed by atoms with Gasteiger partial charge in [0.2, 0.25) is 0 Å². The van der Waals surface area contributed by atoms with Gasteiger partial charge in [0, 0.05) is 12.8 Å². The zero-order valence-corrected chi connectivity index (χ0v) is 55.7. The van der Waals surface area contributed by atoms with Gasteiger partial charge in [-0.05, 0) is 103 Å². The van der Waals surface area contributed by atoms with Gasteiger partial charge >= 0.3 is 11.9 Å². The second-order valence-electron chi connectivity index (χ2n) is 24.4. The van der Waals surface area contributed by atoms with Crippen LogP contribution in [0.4, 0.5) is 0 Å². The molecule has 0 aromatic rings. The number of hydrogen-bond donors (Lipinski definition) is 0. The Morgan fingerprint density at radius 3 is 1.00 bits per heavy atom. The van der Waals surface area contributed by atoms with Gasteiger partial charge in [0.25, 0.3) is 0 Å². The number of carboxylic acid groups (broad SMARTS) is 1. The molecule has 0 aromatic heterocycles. The molecule has 9 heteroatoms. The van der Waals surface area contributed by atoms with E-state index < -0.39 is 24.3 Å². The molecule has 0 rings (SSSR count). The van der Waals surface area contributed by atoms with Crippen LogP contribution >= 0.6 is 0 Å². The van der Waals surface area contributed by atoms with Crippen molar-refractivity contribution in [3.8, 4) is 0 Å². The number of rotatable bonds is 64. The Morgan fingerprint density at radius 1 is 0.365 bits per heavy atom. The highest BCUT2D eigenvalue weighted by Crippen LogP contribution is 2.17. The van der Waals surface area contributed by atoms with Gasteiger partial charge in [-0.25, -0.2) is 0 Å². The van der Waals surface area contributed by atoms with E-state index in [-0.39, 0.29) is 38.6 Å².